The van der Waals surface area contributed by atoms with Crippen LogP contribution in [0.5, 0.6) is 0 Å². The van der Waals surface area contributed by atoms with Gasteiger partial charge in [-0.15, -0.1) is 0 Å². The van der Waals surface area contributed by atoms with E-state index in [0.29, 0.717) is 6.54 Å². The molecule has 0 fully saturated rings. The molecule has 8 nitrogen and oxygen atoms in total. The molecule has 0 aliphatic carbocycles. The predicted octanol–water partition coefficient (Wildman–Crippen LogP) is 1.61. The lowest BCUT2D eigenvalue weighted by atomic mass is 10.0. The van der Waals surface area contributed by atoms with Crippen LogP contribution in [0.25, 0.3) is 0 Å². The topological polar surface area (TPSA) is 110 Å². The summed E-state index contributed by atoms with van der Waals surface area (Å²) >= 11 is 0. The van der Waals surface area contributed by atoms with Gasteiger partial charge in [-0.05, 0) is 36.5 Å². The Labute approximate surface area is 170 Å². The summed E-state index contributed by atoms with van der Waals surface area (Å²) in [5.74, 6) is -0.179. The Morgan fingerprint density at radius 3 is 2.52 bits per heavy atom. The minimum Gasteiger partial charge on any atom is -0.383 e. The first-order chi connectivity index (χ1) is 13.6. The molecule has 0 saturated heterocycles. The van der Waals surface area contributed by atoms with Gasteiger partial charge in [-0.3, -0.25) is 19.1 Å². The maximum Gasteiger partial charge on any atom is 0.330 e. The van der Waals surface area contributed by atoms with E-state index in [1.165, 1.54) is 16.6 Å². The first-order valence-corrected chi connectivity index (χ1v) is 9.63. The van der Waals surface area contributed by atoms with E-state index in [1.54, 1.807) is 0 Å². The van der Waals surface area contributed by atoms with Gasteiger partial charge in [0, 0.05) is 20.2 Å². The van der Waals surface area contributed by atoms with Crippen molar-refractivity contribution in [1.82, 2.24) is 9.55 Å². The first kappa shape index (κ1) is 22.4. The molecule has 158 valence electrons. The molecule has 0 aliphatic heterocycles. The number of aromatic nitrogens is 2. The molecule has 0 aliphatic rings. The number of carbonyl (C=O) groups is 1. The van der Waals surface area contributed by atoms with Crippen molar-refractivity contribution >= 4 is 17.4 Å². The van der Waals surface area contributed by atoms with Crippen LogP contribution in [-0.2, 0) is 22.5 Å². The largest absolute Gasteiger partial charge is 0.383 e. The fourth-order valence-electron chi connectivity index (χ4n) is 3.11. The van der Waals surface area contributed by atoms with Crippen LogP contribution >= 0.6 is 0 Å². The van der Waals surface area contributed by atoms with Crippen molar-refractivity contribution < 1.29 is 9.53 Å². The van der Waals surface area contributed by atoms with E-state index < -0.39 is 11.2 Å². The number of nitrogens with zero attached hydrogens (tertiary/aromatic N) is 2. The zero-order chi connectivity index (χ0) is 21.7. The highest BCUT2D eigenvalue weighted by atomic mass is 16.5. The average Bonchev–Trinajstić information content (AvgIpc) is 2.64. The van der Waals surface area contributed by atoms with E-state index >= 15 is 0 Å². The summed E-state index contributed by atoms with van der Waals surface area (Å²) in [5.41, 5.74) is 7.97. The predicted molar refractivity (Wildman–Crippen MR) is 114 cm³/mol. The zero-order valence-corrected chi connectivity index (χ0v) is 17.7. The number of H-pyrrole nitrogens is 1. The molecule has 0 bridgehead atoms. The van der Waals surface area contributed by atoms with Crippen LogP contribution in [0.15, 0.2) is 27.8 Å². The van der Waals surface area contributed by atoms with Gasteiger partial charge in [0.15, 0.2) is 5.69 Å². The fraction of sp³-hybridized carbons (Fsp3) is 0.476. The third-order valence-corrected chi connectivity index (χ3v) is 4.78. The molecule has 1 aromatic carbocycles. The standard InChI is InChI=1S/C21H30N4O4/c1-13(2)12-25-19(22)18(20(27)23-21(25)28)24(8-9-29-5)17(26)11-16-7-6-14(3)15(4)10-16/h6-7,10,13H,8-9,11-12,22H2,1-5H3,(H,23,27,28). The summed E-state index contributed by atoms with van der Waals surface area (Å²) < 4.78 is 6.41. The van der Waals surface area contributed by atoms with Gasteiger partial charge in [0.25, 0.3) is 5.56 Å². The number of nitrogen functional groups attached to an aromatic ring is 1. The summed E-state index contributed by atoms with van der Waals surface area (Å²) in [6, 6.07) is 5.80. The van der Waals surface area contributed by atoms with Crippen LogP contribution in [0.4, 0.5) is 11.5 Å². The molecule has 0 saturated carbocycles. The highest BCUT2D eigenvalue weighted by Crippen LogP contribution is 2.19. The molecule has 8 heteroatoms. The molecule has 3 N–H and O–H groups in total. The number of amides is 1. The Balaban J connectivity index is 2.48. The number of anilines is 2. The maximum absolute atomic E-state index is 13.1. The Morgan fingerprint density at radius 1 is 1.24 bits per heavy atom. The zero-order valence-electron chi connectivity index (χ0n) is 17.7. The van der Waals surface area contributed by atoms with Gasteiger partial charge in [0.2, 0.25) is 5.91 Å². The van der Waals surface area contributed by atoms with Gasteiger partial charge in [-0.25, -0.2) is 4.79 Å². The number of methoxy groups -OCH3 is 1. The summed E-state index contributed by atoms with van der Waals surface area (Å²) in [4.78, 5) is 41.5. The van der Waals surface area contributed by atoms with Gasteiger partial charge < -0.3 is 15.4 Å². The number of ether oxygens (including phenoxy) is 1. The molecule has 0 unspecified atom stereocenters. The molecule has 0 spiro atoms. The minimum atomic E-state index is -0.683. The van der Waals surface area contributed by atoms with Crippen LogP contribution in [0.3, 0.4) is 0 Å². The van der Waals surface area contributed by atoms with E-state index in [4.69, 9.17) is 10.5 Å². The number of aryl methyl sites for hydroxylation is 2. The van der Waals surface area contributed by atoms with Crippen molar-refractivity contribution in [2.75, 3.05) is 30.9 Å². The smallest absolute Gasteiger partial charge is 0.330 e. The summed E-state index contributed by atoms with van der Waals surface area (Å²) in [6.07, 6.45) is 0.104. The first-order valence-electron chi connectivity index (χ1n) is 9.63. The molecular weight excluding hydrogens is 372 g/mol. The number of hydrogen-bond donors (Lipinski definition) is 2. The Morgan fingerprint density at radius 2 is 1.93 bits per heavy atom. The summed E-state index contributed by atoms with van der Waals surface area (Å²) in [7, 11) is 1.51. The molecule has 0 radical (unpaired) electrons. The van der Waals surface area contributed by atoms with Gasteiger partial charge in [0.05, 0.1) is 13.0 Å². The Kier molecular flexibility index (Phi) is 7.39. The third kappa shape index (κ3) is 5.35. The van der Waals surface area contributed by atoms with Gasteiger partial charge >= 0.3 is 5.69 Å². The van der Waals surface area contributed by atoms with E-state index in [9.17, 15) is 14.4 Å². The van der Waals surface area contributed by atoms with E-state index in [1.807, 2.05) is 45.9 Å². The van der Waals surface area contributed by atoms with Crippen molar-refractivity contribution in [1.29, 1.82) is 0 Å². The number of rotatable bonds is 8. The number of nitrogens with one attached hydrogen (secondary N) is 1. The van der Waals surface area contributed by atoms with Gasteiger partial charge in [-0.2, -0.15) is 0 Å². The van der Waals surface area contributed by atoms with Crippen LogP contribution < -0.4 is 21.9 Å². The summed E-state index contributed by atoms with van der Waals surface area (Å²) in [5, 5.41) is 0. The number of benzene rings is 1. The average molecular weight is 402 g/mol. The minimum absolute atomic E-state index is 0.0167. The molecule has 2 aromatic rings. The Hall–Kier alpha value is -2.87. The molecule has 29 heavy (non-hydrogen) atoms. The van der Waals surface area contributed by atoms with Crippen molar-refractivity contribution in [2.24, 2.45) is 5.92 Å². The maximum atomic E-state index is 13.1. The molecule has 1 heterocycles. The highest BCUT2D eigenvalue weighted by Gasteiger charge is 2.24. The molecule has 0 atom stereocenters. The quantitative estimate of drug-likeness (QED) is 0.697. The second-order valence-corrected chi connectivity index (χ2v) is 7.63. The lowest BCUT2D eigenvalue weighted by molar-refractivity contribution is -0.118. The number of nitrogens with two attached hydrogens (primary N) is 1. The van der Waals surface area contributed by atoms with Crippen LogP contribution in [0, 0.1) is 19.8 Å². The second-order valence-electron chi connectivity index (χ2n) is 7.63. The second kappa shape index (κ2) is 9.56. The van der Waals surface area contributed by atoms with Crippen LogP contribution in [-0.4, -0.2) is 35.7 Å². The lowest BCUT2D eigenvalue weighted by Gasteiger charge is -2.25. The van der Waals surface area contributed by atoms with Gasteiger partial charge in [-0.1, -0.05) is 32.0 Å². The van der Waals surface area contributed by atoms with Crippen molar-refractivity contribution in [3.63, 3.8) is 0 Å². The molecule has 1 amide bonds. The van der Waals surface area contributed by atoms with Crippen molar-refractivity contribution in [2.45, 2.75) is 40.7 Å². The van der Waals surface area contributed by atoms with Crippen molar-refractivity contribution in [3.05, 3.63) is 55.7 Å². The molecule has 2 rings (SSSR count). The van der Waals surface area contributed by atoms with E-state index in [-0.39, 0.29) is 42.9 Å². The normalized spacial score (nSPS) is 11.1. The third-order valence-electron chi connectivity index (χ3n) is 4.78. The van der Waals surface area contributed by atoms with Crippen LogP contribution in [0.1, 0.15) is 30.5 Å². The summed E-state index contributed by atoms with van der Waals surface area (Å²) in [6.45, 7) is 8.56. The lowest BCUT2D eigenvalue weighted by Crippen LogP contribution is -2.43. The number of aromatic amines is 1. The van der Waals surface area contributed by atoms with Gasteiger partial charge in [0.1, 0.15) is 5.82 Å². The SMILES string of the molecule is COCCN(C(=O)Cc1ccc(C)c(C)c1)c1c(N)n(CC(C)C)c(=O)[nH]c1=O. The molecule has 1 aromatic heterocycles. The van der Waals surface area contributed by atoms with Crippen LogP contribution in [0.2, 0.25) is 0 Å². The van der Waals surface area contributed by atoms with E-state index in [2.05, 4.69) is 4.98 Å². The number of hydrogen-bond acceptors (Lipinski definition) is 5. The Bertz CT molecular complexity index is 991. The van der Waals surface area contributed by atoms with E-state index in [0.717, 1.165) is 16.7 Å². The fourth-order valence-corrected chi connectivity index (χ4v) is 3.11. The van der Waals surface area contributed by atoms with Crippen molar-refractivity contribution in [3.8, 4) is 0 Å². The highest BCUT2D eigenvalue weighted by molar-refractivity contribution is 5.96. The number of carbonyl (C=O) groups excluding carboxylic acids is 1. The monoisotopic (exact) mass is 402 g/mol. The molecular formula is C21H30N4O4.